The van der Waals surface area contributed by atoms with Crippen LogP contribution in [0.3, 0.4) is 0 Å². The van der Waals surface area contributed by atoms with E-state index in [4.69, 9.17) is 0 Å². The molecule has 0 saturated carbocycles. The van der Waals surface area contributed by atoms with Gasteiger partial charge >= 0.3 is 0 Å². The molecule has 2 aromatic rings. The van der Waals surface area contributed by atoms with E-state index in [1.165, 1.54) is 29.2 Å². The number of hydrogen-bond acceptors (Lipinski definition) is 3. The van der Waals surface area contributed by atoms with E-state index in [2.05, 4.69) is 0 Å². The monoisotopic (exact) mass is 344 g/mol. The number of carbonyl (C=O) groups is 1. The van der Waals surface area contributed by atoms with E-state index < -0.39 is 10.7 Å². The first-order chi connectivity index (χ1) is 12.0. The van der Waals surface area contributed by atoms with Crippen LogP contribution in [0.5, 0.6) is 0 Å². The summed E-state index contributed by atoms with van der Waals surface area (Å²) in [5, 5.41) is 10.7. The van der Waals surface area contributed by atoms with Gasteiger partial charge in [0.05, 0.1) is 36.7 Å². The van der Waals surface area contributed by atoms with Crippen molar-refractivity contribution < 1.29 is 19.0 Å². The molecule has 0 unspecified atom stereocenters. The quantitative estimate of drug-likeness (QED) is 0.671. The SMILES string of the molecule is O=C(c1ccccc1F)N1CC[NH+](Cc2ccc([N+](=O)[O-])cc2)CC1. The molecule has 1 aliphatic rings. The van der Waals surface area contributed by atoms with Gasteiger partial charge in [-0.1, -0.05) is 12.1 Å². The van der Waals surface area contributed by atoms with Crippen LogP contribution in [0.25, 0.3) is 0 Å². The number of hydrogen-bond donors (Lipinski definition) is 1. The summed E-state index contributed by atoms with van der Waals surface area (Å²) >= 11 is 0. The number of nitrogens with one attached hydrogen (secondary N) is 1. The minimum Gasteiger partial charge on any atom is -0.328 e. The topological polar surface area (TPSA) is 67.9 Å². The largest absolute Gasteiger partial charge is 0.328 e. The molecule has 6 nitrogen and oxygen atoms in total. The number of amides is 1. The third-order valence-electron chi connectivity index (χ3n) is 4.46. The van der Waals surface area contributed by atoms with Crippen molar-refractivity contribution in [1.29, 1.82) is 0 Å². The van der Waals surface area contributed by atoms with Crippen molar-refractivity contribution >= 4 is 11.6 Å². The Morgan fingerprint density at radius 3 is 2.36 bits per heavy atom. The number of non-ortho nitro benzene ring substituents is 1. The molecule has 1 fully saturated rings. The lowest BCUT2D eigenvalue weighted by atomic mass is 10.1. The highest BCUT2D eigenvalue weighted by atomic mass is 19.1. The lowest BCUT2D eigenvalue weighted by Gasteiger charge is -2.32. The first kappa shape index (κ1) is 17.0. The summed E-state index contributed by atoms with van der Waals surface area (Å²) in [5.41, 5.74) is 1.22. The zero-order chi connectivity index (χ0) is 17.8. The van der Waals surface area contributed by atoms with E-state index in [-0.39, 0.29) is 17.2 Å². The number of piperazine rings is 1. The highest BCUT2D eigenvalue weighted by molar-refractivity contribution is 5.94. The van der Waals surface area contributed by atoms with Crippen molar-refractivity contribution in [2.24, 2.45) is 0 Å². The molecule has 0 aliphatic carbocycles. The van der Waals surface area contributed by atoms with Gasteiger partial charge in [-0.2, -0.15) is 0 Å². The van der Waals surface area contributed by atoms with Crippen LogP contribution >= 0.6 is 0 Å². The van der Waals surface area contributed by atoms with Crippen molar-refractivity contribution in [2.75, 3.05) is 26.2 Å². The third-order valence-corrected chi connectivity index (χ3v) is 4.46. The van der Waals surface area contributed by atoms with Gasteiger partial charge in [0.2, 0.25) is 0 Å². The molecule has 130 valence electrons. The van der Waals surface area contributed by atoms with Crippen LogP contribution in [0.15, 0.2) is 48.5 Å². The van der Waals surface area contributed by atoms with Crippen molar-refractivity contribution in [1.82, 2.24) is 4.90 Å². The maximum atomic E-state index is 13.7. The van der Waals surface area contributed by atoms with Gasteiger partial charge in [-0.3, -0.25) is 14.9 Å². The van der Waals surface area contributed by atoms with Gasteiger partial charge in [-0.05, 0) is 24.3 Å². The second kappa shape index (κ2) is 7.40. The lowest BCUT2D eigenvalue weighted by molar-refractivity contribution is -0.917. The third kappa shape index (κ3) is 4.00. The normalized spacial score (nSPS) is 15.2. The Morgan fingerprint density at radius 2 is 1.76 bits per heavy atom. The molecule has 1 heterocycles. The van der Waals surface area contributed by atoms with E-state index in [1.54, 1.807) is 29.2 Å². The first-order valence-electron chi connectivity index (χ1n) is 8.15. The van der Waals surface area contributed by atoms with E-state index in [1.807, 2.05) is 0 Å². The van der Waals surface area contributed by atoms with Gasteiger partial charge in [0.25, 0.3) is 11.6 Å². The Kier molecular flexibility index (Phi) is 5.04. The molecule has 1 saturated heterocycles. The Labute approximate surface area is 144 Å². The highest BCUT2D eigenvalue weighted by Gasteiger charge is 2.26. The van der Waals surface area contributed by atoms with Gasteiger partial charge in [0.15, 0.2) is 0 Å². The van der Waals surface area contributed by atoms with Gasteiger partial charge in [0, 0.05) is 17.7 Å². The van der Waals surface area contributed by atoms with Crippen molar-refractivity contribution in [3.8, 4) is 0 Å². The predicted octanol–water partition coefficient (Wildman–Crippen LogP) is 1.27. The second-order valence-electron chi connectivity index (χ2n) is 6.12. The number of nitrogens with zero attached hydrogens (tertiary/aromatic N) is 2. The minimum atomic E-state index is -0.492. The van der Waals surface area contributed by atoms with Gasteiger partial charge in [0.1, 0.15) is 12.4 Å². The molecule has 0 bridgehead atoms. The molecule has 1 aliphatic heterocycles. The molecular formula is C18H19FN3O3+. The molecule has 1 N–H and O–H groups in total. The van der Waals surface area contributed by atoms with E-state index >= 15 is 0 Å². The predicted molar refractivity (Wildman–Crippen MR) is 89.8 cm³/mol. The summed E-state index contributed by atoms with van der Waals surface area (Å²) in [6.45, 7) is 3.40. The Morgan fingerprint density at radius 1 is 1.12 bits per heavy atom. The number of halogens is 1. The molecule has 3 rings (SSSR count). The maximum absolute atomic E-state index is 13.7. The van der Waals surface area contributed by atoms with Crippen LogP contribution in [0.1, 0.15) is 15.9 Å². The number of quaternary nitrogens is 1. The number of carbonyl (C=O) groups excluding carboxylic acids is 1. The molecule has 0 aromatic heterocycles. The highest BCUT2D eigenvalue weighted by Crippen LogP contribution is 2.12. The Hall–Kier alpha value is -2.80. The fourth-order valence-electron chi connectivity index (χ4n) is 3.03. The fourth-order valence-corrected chi connectivity index (χ4v) is 3.03. The fraction of sp³-hybridized carbons (Fsp3) is 0.278. The molecule has 7 heteroatoms. The second-order valence-corrected chi connectivity index (χ2v) is 6.12. The van der Waals surface area contributed by atoms with Gasteiger partial charge in [-0.25, -0.2) is 4.39 Å². The lowest BCUT2D eigenvalue weighted by Crippen LogP contribution is -3.13. The van der Waals surface area contributed by atoms with E-state index in [9.17, 15) is 19.3 Å². The average molecular weight is 344 g/mol. The number of nitro benzene ring substituents is 1. The molecule has 0 spiro atoms. The molecule has 0 atom stereocenters. The standard InChI is InChI=1S/C18H18FN3O3/c19-17-4-2-1-3-16(17)18(23)21-11-9-20(10-12-21)13-14-5-7-15(8-6-14)22(24)25/h1-8H,9-13H2/p+1. The summed E-state index contributed by atoms with van der Waals surface area (Å²) in [4.78, 5) is 25.6. The van der Waals surface area contributed by atoms with Crippen LogP contribution in [0.4, 0.5) is 10.1 Å². The summed E-state index contributed by atoms with van der Waals surface area (Å²) in [5.74, 6) is -0.763. The van der Waals surface area contributed by atoms with Crippen LogP contribution in [-0.2, 0) is 6.54 Å². The van der Waals surface area contributed by atoms with E-state index in [0.717, 1.165) is 25.2 Å². The van der Waals surface area contributed by atoms with Crippen LogP contribution in [0.2, 0.25) is 0 Å². The molecule has 0 radical (unpaired) electrons. The zero-order valence-corrected chi connectivity index (χ0v) is 13.7. The Bertz CT molecular complexity index is 771. The van der Waals surface area contributed by atoms with Crippen LogP contribution < -0.4 is 4.90 Å². The summed E-state index contributed by atoms with van der Waals surface area (Å²) in [6, 6.07) is 12.6. The van der Waals surface area contributed by atoms with Crippen LogP contribution in [0, 0.1) is 15.9 Å². The molecule has 25 heavy (non-hydrogen) atoms. The Balaban J connectivity index is 1.56. The molecule has 2 aromatic carbocycles. The first-order valence-corrected chi connectivity index (χ1v) is 8.15. The average Bonchev–Trinajstić information content (AvgIpc) is 2.63. The summed E-state index contributed by atoms with van der Waals surface area (Å²) in [7, 11) is 0. The minimum absolute atomic E-state index is 0.0825. The van der Waals surface area contributed by atoms with Crippen LogP contribution in [-0.4, -0.2) is 41.9 Å². The smallest absolute Gasteiger partial charge is 0.269 e. The number of nitro groups is 1. The summed E-state index contributed by atoms with van der Waals surface area (Å²) in [6.07, 6.45) is 0. The maximum Gasteiger partial charge on any atom is 0.269 e. The number of benzene rings is 2. The number of rotatable bonds is 4. The molecule has 1 amide bonds. The van der Waals surface area contributed by atoms with Crippen molar-refractivity contribution in [3.63, 3.8) is 0 Å². The van der Waals surface area contributed by atoms with Crippen molar-refractivity contribution in [2.45, 2.75) is 6.54 Å². The zero-order valence-electron chi connectivity index (χ0n) is 13.7. The van der Waals surface area contributed by atoms with Gasteiger partial charge in [-0.15, -0.1) is 0 Å². The van der Waals surface area contributed by atoms with Gasteiger partial charge < -0.3 is 9.80 Å². The summed E-state index contributed by atoms with van der Waals surface area (Å²) < 4.78 is 13.7. The van der Waals surface area contributed by atoms with Crippen molar-refractivity contribution in [3.05, 3.63) is 75.6 Å². The molecular weight excluding hydrogens is 325 g/mol. The van der Waals surface area contributed by atoms with E-state index in [0.29, 0.717) is 13.1 Å².